The summed E-state index contributed by atoms with van der Waals surface area (Å²) < 4.78 is 31.0. The molecule has 1 rings (SSSR count). The van der Waals surface area contributed by atoms with E-state index in [4.69, 9.17) is 0 Å². The van der Waals surface area contributed by atoms with Crippen LogP contribution in [0.25, 0.3) is 0 Å². The van der Waals surface area contributed by atoms with Gasteiger partial charge < -0.3 is 4.55 Å². The number of rotatable bonds is 3. The minimum absolute atomic E-state index is 0.415. The van der Waals surface area contributed by atoms with Gasteiger partial charge in [0.1, 0.15) is 11.5 Å². The van der Waals surface area contributed by atoms with Crippen LogP contribution < -0.4 is 0 Å². The van der Waals surface area contributed by atoms with E-state index in [1.54, 1.807) is 0 Å². The highest BCUT2D eigenvalue weighted by Crippen LogP contribution is 2.14. The van der Waals surface area contributed by atoms with Crippen molar-refractivity contribution in [1.29, 1.82) is 0 Å². The first kappa shape index (κ1) is 16.4. The van der Waals surface area contributed by atoms with Gasteiger partial charge in [-0.25, -0.2) is 8.42 Å². The second-order valence-electron chi connectivity index (χ2n) is 3.49. The van der Waals surface area contributed by atoms with Crippen molar-refractivity contribution in [3.8, 4) is 0 Å². The lowest BCUT2D eigenvalue weighted by Gasteiger charge is -2.04. The van der Waals surface area contributed by atoms with E-state index in [1.165, 1.54) is 4.90 Å². The Kier molecular flexibility index (Phi) is 7.45. The van der Waals surface area contributed by atoms with Crippen LogP contribution in [-0.4, -0.2) is 31.6 Å². The summed E-state index contributed by atoms with van der Waals surface area (Å²) in [5.41, 5.74) is 0. The van der Waals surface area contributed by atoms with Crippen molar-refractivity contribution < 1.29 is 17.2 Å². The molecule has 6 heteroatoms. The summed E-state index contributed by atoms with van der Waals surface area (Å²) in [5, 5.41) is 0.761. The zero-order valence-electron chi connectivity index (χ0n) is 10.4. The van der Waals surface area contributed by atoms with Crippen LogP contribution in [0.1, 0.15) is 13.8 Å². The predicted octanol–water partition coefficient (Wildman–Crippen LogP) is 1.80. The summed E-state index contributed by atoms with van der Waals surface area (Å²) >= 11 is 0. The molecule has 0 amide bonds. The lowest BCUT2D eigenvalue weighted by atomic mass is 10.4. The van der Waals surface area contributed by atoms with Gasteiger partial charge in [0, 0.05) is 10.9 Å². The summed E-state index contributed by atoms with van der Waals surface area (Å²) in [7, 11) is -3.19. The summed E-state index contributed by atoms with van der Waals surface area (Å²) in [6, 6.07) is 10.7. The zero-order chi connectivity index (χ0) is 13.5. The average molecular weight is 278 g/mol. The van der Waals surface area contributed by atoms with E-state index in [1.807, 2.05) is 0 Å². The van der Waals surface area contributed by atoms with Gasteiger partial charge in [-0.3, -0.25) is 4.18 Å². The van der Waals surface area contributed by atoms with Gasteiger partial charge in [-0.05, 0) is 26.0 Å². The van der Waals surface area contributed by atoms with Gasteiger partial charge in [0.2, 0.25) is 10.4 Å². The quantitative estimate of drug-likeness (QED) is 0.480. The molecule has 1 aromatic rings. The maximum absolute atomic E-state index is 9.22. The van der Waals surface area contributed by atoms with E-state index in [-0.39, 0.29) is 0 Å². The highest BCUT2D eigenvalue weighted by atomic mass is 32.3. The fraction of sp³-hybridized carbons (Fsp3) is 0.455. The van der Waals surface area contributed by atoms with Crippen molar-refractivity contribution >= 4 is 21.3 Å². The molecule has 0 aromatic heterocycles. The number of hydrogen-bond donors (Lipinski definition) is 0. The molecule has 0 fully saturated rings. The van der Waals surface area contributed by atoms with Crippen LogP contribution in [0, 0.1) is 0 Å². The van der Waals surface area contributed by atoms with Crippen molar-refractivity contribution in [2.24, 2.45) is 0 Å². The first-order chi connectivity index (χ1) is 7.78. The predicted molar refractivity (Wildman–Crippen MR) is 69.8 cm³/mol. The lowest BCUT2D eigenvalue weighted by molar-refractivity contribution is 0.314. The Morgan fingerprint density at radius 2 is 1.65 bits per heavy atom. The van der Waals surface area contributed by atoms with E-state index in [9.17, 15) is 13.0 Å². The minimum Gasteiger partial charge on any atom is -0.726 e. The van der Waals surface area contributed by atoms with E-state index in [0.29, 0.717) is 10.9 Å². The van der Waals surface area contributed by atoms with Crippen LogP contribution in [-0.2, 0) is 25.5 Å². The molecule has 0 aliphatic heterocycles. The molecule has 0 bridgehead atoms. The molecule has 4 nitrogen and oxygen atoms in total. The highest BCUT2D eigenvalue weighted by Gasteiger charge is 2.18. The molecular weight excluding hydrogens is 260 g/mol. The molecule has 0 saturated heterocycles. The fourth-order valence-corrected chi connectivity index (χ4v) is 2.04. The van der Waals surface area contributed by atoms with E-state index in [2.05, 4.69) is 54.6 Å². The Morgan fingerprint density at radius 1 is 1.24 bits per heavy atom. The van der Waals surface area contributed by atoms with Crippen LogP contribution in [0.15, 0.2) is 35.2 Å². The lowest BCUT2D eigenvalue weighted by Crippen LogP contribution is -2.12. The zero-order valence-corrected chi connectivity index (χ0v) is 12.0. The van der Waals surface area contributed by atoms with Gasteiger partial charge in [-0.15, -0.1) is 0 Å². The van der Waals surface area contributed by atoms with E-state index >= 15 is 0 Å². The molecule has 0 heterocycles. The molecule has 1 aromatic carbocycles. The Hall–Kier alpha value is -0.560. The Labute approximate surface area is 106 Å². The van der Waals surface area contributed by atoms with Crippen LogP contribution in [0.5, 0.6) is 0 Å². The van der Waals surface area contributed by atoms with Gasteiger partial charge in [-0.1, -0.05) is 18.2 Å². The fourth-order valence-electron chi connectivity index (χ4n) is 0.907. The molecule has 0 radical (unpaired) electrons. The van der Waals surface area contributed by atoms with Crippen LogP contribution in [0.4, 0.5) is 0 Å². The smallest absolute Gasteiger partial charge is 0.217 e. The second kappa shape index (κ2) is 7.71. The summed E-state index contributed by atoms with van der Waals surface area (Å²) in [6.45, 7) is 4.55. The molecule has 17 heavy (non-hydrogen) atoms. The normalized spacial score (nSPS) is 12.8. The number of benzene rings is 1. The molecule has 0 aliphatic carbocycles. The van der Waals surface area contributed by atoms with Crippen molar-refractivity contribution in [1.82, 2.24) is 0 Å². The average Bonchev–Trinajstić information content (AvgIpc) is 2.29. The first-order valence-electron chi connectivity index (χ1n) is 4.99. The van der Waals surface area contributed by atoms with E-state index in [0.717, 1.165) is 12.4 Å². The van der Waals surface area contributed by atoms with Gasteiger partial charge in [0.15, 0.2) is 4.90 Å². The third kappa shape index (κ3) is 8.20. The van der Waals surface area contributed by atoms with Gasteiger partial charge >= 0.3 is 0 Å². The highest BCUT2D eigenvalue weighted by molar-refractivity contribution is 7.96. The maximum atomic E-state index is 9.22. The molecule has 1 unspecified atom stereocenters. The van der Waals surface area contributed by atoms with Gasteiger partial charge in [0.05, 0.1) is 7.11 Å². The van der Waals surface area contributed by atoms with Crippen molar-refractivity contribution in [3.63, 3.8) is 0 Å². The van der Waals surface area contributed by atoms with Crippen LogP contribution >= 0.6 is 0 Å². The van der Waals surface area contributed by atoms with Gasteiger partial charge in [-0.2, -0.15) is 0 Å². The summed E-state index contributed by atoms with van der Waals surface area (Å²) in [4.78, 5) is 1.47. The van der Waals surface area contributed by atoms with E-state index < -0.39 is 10.4 Å². The molecule has 0 saturated carbocycles. The Bertz CT molecular complexity index is 401. The molecule has 0 N–H and O–H groups in total. The molecule has 0 spiro atoms. The topological polar surface area (TPSA) is 66.4 Å². The minimum atomic E-state index is -4.41. The summed E-state index contributed by atoms with van der Waals surface area (Å²) in [6.07, 6.45) is 2.31. The van der Waals surface area contributed by atoms with Crippen LogP contribution in [0.3, 0.4) is 0 Å². The van der Waals surface area contributed by atoms with Crippen molar-refractivity contribution in [2.75, 3.05) is 13.4 Å². The third-order valence-corrected chi connectivity index (χ3v) is 4.86. The molecule has 98 valence electrons. The second-order valence-corrected chi connectivity index (χ2v) is 7.17. The van der Waals surface area contributed by atoms with Gasteiger partial charge in [0.25, 0.3) is 0 Å². The number of hydrogen-bond acceptors (Lipinski definition) is 4. The third-order valence-electron chi connectivity index (χ3n) is 2.03. The maximum Gasteiger partial charge on any atom is 0.217 e. The molecule has 0 aliphatic rings. The monoisotopic (exact) mass is 278 g/mol. The van der Waals surface area contributed by atoms with Crippen molar-refractivity contribution in [2.45, 2.75) is 24.0 Å². The summed E-state index contributed by atoms with van der Waals surface area (Å²) in [5.74, 6) is 0. The first-order valence-corrected chi connectivity index (χ1v) is 8.02. The van der Waals surface area contributed by atoms with Crippen molar-refractivity contribution in [3.05, 3.63) is 30.3 Å². The Morgan fingerprint density at radius 3 is 1.94 bits per heavy atom. The molecule has 1 atom stereocenters. The largest absolute Gasteiger partial charge is 0.726 e. The standard InChI is InChI=1S/C10H15S.CH4O4S/c1-9(2)11(3)10-7-5-4-6-8-10;1-5-6(2,3)4/h4-9H,1-3H3;1H3,(H,2,3,4)/q+1;/p-1. The SMILES string of the molecule is CC(C)[S+](C)c1ccccc1.COS(=O)(=O)[O-]. The van der Waals surface area contributed by atoms with Crippen LogP contribution in [0.2, 0.25) is 0 Å². The molecular formula is C11H18O4S2. The Balaban J connectivity index is 0.000000366.